The lowest BCUT2D eigenvalue weighted by molar-refractivity contribution is -0.119. The molecule has 5 heteroatoms. The molecule has 0 aliphatic heterocycles. The van der Waals surface area contributed by atoms with Gasteiger partial charge >= 0.3 is 0 Å². The van der Waals surface area contributed by atoms with Gasteiger partial charge in [-0.2, -0.15) is 0 Å². The quantitative estimate of drug-likeness (QED) is 0.849. The molecular formula is C16H18N2OS2. The summed E-state index contributed by atoms with van der Waals surface area (Å²) < 4.78 is 0.954. The van der Waals surface area contributed by atoms with Crippen molar-refractivity contribution in [2.75, 3.05) is 5.75 Å². The van der Waals surface area contributed by atoms with E-state index in [4.69, 9.17) is 0 Å². The average molecular weight is 318 g/mol. The molecule has 1 saturated carbocycles. The number of hydrogen-bond donors (Lipinski definition) is 1. The third-order valence-electron chi connectivity index (χ3n) is 3.60. The van der Waals surface area contributed by atoms with Gasteiger partial charge in [0, 0.05) is 17.0 Å². The van der Waals surface area contributed by atoms with Gasteiger partial charge in [0.25, 0.3) is 0 Å². The van der Waals surface area contributed by atoms with E-state index in [0.29, 0.717) is 11.8 Å². The van der Waals surface area contributed by atoms with Crippen molar-refractivity contribution >= 4 is 29.0 Å². The molecule has 110 valence electrons. The van der Waals surface area contributed by atoms with Gasteiger partial charge in [-0.3, -0.25) is 4.79 Å². The molecular weight excluding hydrogens is 300 g/mol. The number of benzene rings is 1. The molecule has 3 nitrogen and oxygen atoms in total. The molecule has 1 aromatic heterocycles. The van der Waals surface area contributed by atoms with Crippen molar-refractivity contribution in [2.45, 2.75) is 36.1 Å². The van der Waals surface area contributed by atoms with Crippen LogP contribution in [0.2, 0.25) is 0 Å². The summed E-state index contributed by atoms with van der Waals surface area (Å²) in [6.07, 6.45) is 4.74. The van der Waals surface area contributed by atoms with Crippen LogP contribution in [0.25, 0.3) is 11.3 Å². The second-order valence-corrected chi connectivity index (χ2v) is 7.28. The maximum atomic E-state index is 11.9. The summed E-state index contributed by atoms with van der Waals surface area (Å²) in [7, 11) is 0. The zero-order chi connectivity index (χ0) is 14.5. The maximum Gasteiger partial charge on any atom is 0.230 e. The predicted molar refractivity (Wildman–Crippen MR) is 88.7 cm³/mol. The minimum Gasteiger partial charge on any atom is -0.353 e. The van der Waals surface area contributed by atoms with Crippen molar-refractivity contribution in [3.8, 4) is 11.3 Å². The number of hydrogen-bond acceptors (Lipinski definition) is 4. The zero-order valence-electron chi connectivity index (χ0n) is 11.7. The van der Waals surface area contributed by atoms with E-state index >= 15 is 0 Å². The number of rotatable bonds is 5. The fourth-order valence-electron chi connectivity index (χ4n) is 2.53. The maximum absolute atomic E-state index is 11.9. The Balaban J connectivity index is 1.51. The van der Waals surface area contributed by atoms with Gasteiger partial charge in [-0.25, -0.2) is 4.98 Å². The molecule has 0 radical (unpaired) electrons. The molecule has 1 heterocycles. The number of nitrogens with zero attached hydrogens (tertiary/aromatic N) is 1. The van der Waals surface area contributed by atoms with Crippen molar-refractivity contribution < 1.29 is 4.79 Å². The van der Waals surface area contributed by atoms with Crippen LogP contribution >= 0.6 is 23.1 Å². The van der Waals surface area contributed by atoms with Crippen molar-refractivity contribution in [3.63, 3.8) is 0 Å². The first-order valence-electron chi connectivity index (χ1n) is 7.24. The van der Waals surface area contributed by atoms with E-state index in [0.717, 1.165) is 28.4 Å². The fourth-order valence-corrected chi connectivity index (χ4v) is 4.18. The highest BCUT2D eigenvalue weighted by Crippen LogP contribution is 2.28. The van der Waals surface area contributed by atoms with Crippen LogP contribution in [0, 0.1) is 0 Å². The van der Waals surface area contributed by atoms with Crippen molar-refractivity contribution in [1.29, 1.82) is 0 Å². The molecule has 0 saturated heterocycles. The molecule has 1 fully saturated rings. The number of thioether (sulfide) groups is 1. The Kier molecular flexibility index (Phi) is 4.93. The Morgan fingerprint density at radius 2 is 2.05 bits per heavy atom. The van der Waals surface area contributed by atoms with Crippen LogP contribution in [0.3, 0.4) is 0 Å². The lowest BCUT2D eigenvalue weighted by Crippen LogP contribution is -2.33. The highest BCUT2D eigenvalue weighted by atomic mass is 32.2. The van der Waals surface area contributed by atoms with Crippen LogP contribution in [-0.2, 0) is 4.79 Å². The van der Waals surface area contributed by atoms with E-state index in [9.17, 15) is 4.79 Å². The Hall–Kier alpha value is -1.33. The van der Waals surface area contributed by atoms with Gasteiger partial charge in [-0.1, -0.05) is 54.9 Å². The van der Waals surface area contributed by atoms with E-state index in [1.165, 1.54) is 24.6 Å². The standard InChI is InChI=1S/C16H18N2OS2/c19-15(17-13-8-4-5-9-13)11-21-16-18-14(10-20-16)12-6-2-1-3-7-12/h1-3,6-7,10,13H,4-5,8-9,11H2,(H,17,19). The largest absolute Gasteiger partial charge is 0.353 e. The highest BCUT2D eigenvalue weighted by Gasteiger charge is 2.17. The molecule has 1 aromatic carbocycles. The highest BCUT2D eigenvalue weighted by molar-refractivity contribution is 8.01. The second kappa shape index (κ2) is 7.09. The molecule has 1 amide bonds. The van der Waals surface area contributed by atoms with E-state index < -0.39 is 0 Å². The molecule has 21 heavy (non-hydrogen) atoms. The minimum atomic E-state index is 0.128. The van der Waals surface area contributed by atoms with Gasteiger partial charge in [0.1, 0.15) is 0 Å². The monoisotopic (exact) mass is 318 g/mol. The lowest BCUT2D eigenvalue weighted by atomic mass is 10.2. The van der Waals surface area contributed by atoms with Gasteiger partial charge in [-0.05, 0) is 12.8 Å². The summed E-state index contributed by atoms with van der Waals surface area (Å²) in [4.78, 5) is 16.5. The second-order valence-electron chi connectivity index (χ2n) is 5.20. The number of aromatic nitrogens is 1. The molecule has 0 atom stereocenters. The topological polar surface area (TPSA) is 42.0 Å². The van der Waals surface area contributed by atoms with Crippen LogP contribution in [-0.4, -0.2) is 22.7 Å². The first kappa shape index (κ1) is 14.6. The van der Waals surface area contributed by atoms with Crippen LogP contribution in [0.5, 0.6) is 0 Å². The molecule has 0 spiro atoms. The molecule has 1 aliphatic rings. The normalized spacial score (nSPS) is 15.2. The van der Waals surface area contributed by atoms with E-state index in [1.807, 2.05) is 23.6 Å². The Labute approximate surface area is 133 Å². The van der Waals surface area contributed by atoms with Gasteiger partial charge in [0.2, 0.25) is 5.91 Å². The lowest BCUT2D eigenvalue weighted by Gasteiger charge is -2.10. The summed E-state index contributed by atoms with van der Waals surface area (Å²) in [6, 6.07) is 10.5. The van der Waals surface area contributed by atoms with Crippen LogP contribution in [0.15, 0.2) is 40.1 Å². The summed E-state index contributed by atoms with van der Waals surface area (Å²) in [5.41, 5.74) is 2.11. The van der Waals surface area contributed by atoms with Crippen LogP contribution in [0.1, 0.15) is 25.7 Å². The Bertz CT molecular complexity index is 591. The Morgan fingerprint density at radius 1 is 1.29 bits per heavy atom. The molecule has 1 N–H and O–H groups in total. The predicted octanol–water partition coefficient (Wildman–Crippen LogP) is 3.96. The van der Waals surface area contributed by atoms with Gasteiger partial charge in [0.15, 0.2) is 4.34 Å². The molecule has 0 unspecified atom stereocenters. The molecule has 3 rings (SSSR count). The van der Waals surface area contributed by atoms with Crippen molar-refractivity contribution in [2.24, 2.45) is 0 Å². The van der Waals surface area contributed by atoms with Crippen molar-refractivity contribution in [1.82, 2.24) is 10.3 Å². The van der Waals surface area contributed by atoms with Crippen LogP contribution in [0.4, 0.5) is 0 Å². The summed E-state index contributed by atoms with van der Waals surface area (Å²) in [5, 5.41) is 5.15. The minimum absolute atomic E-state index is 0.128. The average Bonchev–Trinajstić information content (AvgIpc) is 3.17. The summed E-state index contributed by atoms with van der Waals surface area (Å²) in [5.74, 6) is 0.585. The third kappa shape index (κ3) is 4.08. The summed E-state index contributed by atoms with van der Waals surface area (Å²) >= 11 is 3.12. The number of thiazole rings is 1. The van der Waals surface area contributed by atoms with E-state index in [1.54, 1.807) is 11.3 Å². The SMILES string of the molecule is O=C(CSc1nc(-c2ccccc2)cs1)NC1CCCC1. The first-order valence-corrected chi connectivity index (χ1v) is 9.11. The number of carbonyl (C=O) groups excluding carboxylic acids is 1. The summed E-state index contributed by atoms with van der Waals surface area (Å²) in [6.45, 7) is 0. The van der Waals surface area contributed by atoms with Crippen molar-refractivity contribution in [3.05, 3.63) is 35.7 Å². The number of carbonyl (C=O) groups is 1. The third-order valence-corrected chi connectivity index (χ3v) is 5.62. The van der Waals surface area contributed by atoms with Gasteiger partial charge in [0.05, 0.1) is 11.4 Å². The molecule has 2 aromatic rings. The zero-order valence-corrected chi connectivity index (χ0v) is 13.4. The van der Waals surface area contributed by atoms with E-state index in [-0.39, 0.29) is 5.91 Å². The smallest absolute Gasteiger partial charge is 0.230 e. The number of nitrogens with one attached hydrogen (secondary N) is 1. The molecule has 0 bridgehead atoms. The van der Waals surface area contributed by atoms with Gasteiger partial charge < -0.3 is 5.32 Å². The Morgan fingerprint density at radius 3 is 2.81 bits per heavy atom. The first-order chi connectivity index (χ1) is 10.3. The van der Waals surface area contributed by atoms with E-state index in [2.05, 4.69) is 22.4 Å². The van der Waals surface area contributed by atoms with Crippen LogP contribution < -0.4 is 5.32 Å². The molecule has 1 aliphatic carbocycles. The van der Waals surface area contributed by atoms with Gasteiger partial charge in [-0.15, -0.1) is 11.3 Å². The number of amides is 1. The fraction of sp³-hybridized carbons (Fsp3) is 0.375.